The minimum atomic E-state index is 0.575. The van der Waals surface area contributed by atoms with Crippen LogP contribution in [0.1, 0.15) is 49.3 Å². The van der Waals surface area contributed by atoms with Crippen molar-refractivity contribution in [2.75, 3.05) is 12.3 Å². The Labute approximate surface area is 104 Å². The molecule has 3 N–H and O–H groups in total. The zero-order valence-corrected chi connectivity index (χ0v) is 10.4. The summed E-state index contributed by atoms with van der Waals surface area (Å²) in [6.45, 7) is 1.18. The van der Waals surface area contributed by atoms with Crippen molar-refractivity contribution in [1.82, 2.24) is 5.32 Å². The van der Waals surface area contributed by atoms with Gasteiger partial charge in [-0.3, -0.25) is 0 Å². The molecular weight excluding hydrogens is 208 g/mol. The van der Waals surface area contributed by atoms with Crippen molar-refractivity contribution in [3.63, 3.8) is 0 Å². The minimum Gasteiger partial charge on any atom is -0.399 e. The maximum absolute atomic E-state index is 5.82. The zero-order chi connectivity index (χ0) is 11.7. The fourth-order valence-corrected chi connectivity index (χ4v) is 3.09. The number of nitrogens with two attached hydrogens (primary N) is 1. The number of rotatable bonds is 4. The highest BCUT2D eigenvalue weighted by Gasteiger charge is 2.23. The molecule has 3 rings (SSSR count). The summed E-state index contributed by atoms with van der Waals surface area (Å²) < 4.78 is 0. The quantitative estimate of drug-likeness (QED) is 0.780. The highest BCUT2D eigenvalue weighted by atomic mass is 14.9. The number of nitrogens with one attached hydrogen (secondary N) is 1. The molecular formula is C15H22N2. The van der Waals surface area contributed by atoms with Gasteiger partial charge in [0.15, 0.2) is 0 Å². The molecule has 0 spiro atoms. The average Bonchev–Trinajstić information content (AvgIpc) is 2.64. The van der Waals surface area contributed by atoms with Crippen LogP contribution in [0.3, 0.4) is 0 Å². The predicted octanol–water partition coefficient (Wildman–Crippen LogP) is 3.04. The predicted molar refractivity (Wildman–Crippen MR) is 71.9 cm³/mol. The molecule has 92 valence electrons. The smallest absolute Gasteiger partial charge is 0.0326 e. The molecule has 2 aliphatic rings. The van der Waals surface area contributed by atoms with Crippen molar-refractivity contribution in [3.8, 4) is 0 Å². The Bertz CT molecular complexity index is 396. The average molecular weight is 230 g/mol. The van der Waals surface area contributed by atoms with Crippen LogP contribution in [0.4, 0.5) is 5.69 Å². The molecule has 2 aliphatic carbocycles. The summed E-state index contributed by atoms with van der Waals surface area (Å²) in [7, 11) is 0. The third-order valence-electron chi connectivity index (χ3n) is 4.41. The maximum atomic E-state index is 5.82. The Morgan fingerprint density at radius 2 is 2.12 bits per heavy atom. The van der Waals surface area contributed by atoms with Gasteiger partial charge in [-0.15, -0.1) is 0 Å². The van der Waals surface area contributed by atoms with E-state index in [9.17, 15) is 0 Å². The molecule has 1 aromatic carbocycles. The van der Waals surface area contributed by atoms with E-state index in [1.54, 1.807) is 0 Å². The van der Waals surface area contributed by atoms with Crippen LogP contribution in [0.15, 0.2) is 18.2 Å². The van der Waals surface area contributed by atoms with Gasteiger partial charge in [0.05, 0.1) is 0 Å². The van der Waals surface area contributed by atoms with Crippen molar-refractivity contribution in [2.24, 2.45) is 5.92 Å². The number of hydrogen-bond acceptors (Lipinski definition) is 2. The second-order valence-electron chi connectivity index (χ2n) is 5.59. The van der Waals surface area contributed by atoms with Crippen molar-refractivity contribution in [2.45, 2.75) is 44.6 Å². The molecule has 0 radical (unpaired) electrons. The monoisotopic (exact) mass is 230 g/mol. The van der Waals surface area contributed by atoms with E-state index in [1.165, 1.54) is 56.2 Å². The molecule has 0 aromatic heterocycles. The standard InChI is InChI=1S/C15H22N2/c16-13-5-6-14-12(10-13)4-7-15(14)17-9-8-11-2-1-3-11/h5-6,10-11,15,17H,1-4,7-9,16H2. The number of fused-ring (bicyclic) bond motifs is 1. The number of benzene rings is 1. The van der Waals surface area contributed by atoms with Crippen LogP contribution >= 0.6 is 0 Å². The summed E-state index contributed by atoms with van der Waals surface area (Å²) in [5.74, 6) is 1.01. The Hall–Kier alpha value is -1.02. The summed E-state index contributed by atoms with van der Waals surface area (Å²) in [6, 6.07) is 6.96. The van der Waals surface area contributed by atoms with Gasteiger partial charge >= 0.3 is 0 Å². The van der Waals surface area contributed by atoms with Crippen molar-refractivity contribution in [1.29, 1.82) is 0 Å². The molecule has 1 saturated carbocycles. The number of anilines is 1. The van der Waals surface area contributed by atoms with E-state index in [-0.39, 0.29) is 0 Å². The lowest BCUT2D eigenvalue weighted by Crippen LogP contribution is -2.24. The molecule has 1 aromatic rings. The van der Waals surface area contributed by atoms with E-state index < -0.39 is 0 Å². The van der Waals surface area contributed by atoms with Gasteiger partial charge in [-0.25, -0.2) is 0 Å². The number of hydrogen-bond donors (Lipinski definition) is 2. The molecule has 0 bridgehead atoms. The normalized spacial score (nSPS) is 23.4. The lowest BCUT2D eigenvalue weighted by atomic mass is 9.83. The molecule has 1 fully saturated rings. The van der Waals surface area contributed by atoms with Gasteiger partial charge in [0.1, 0.15) is 0 Å². The van der Waals surface area contributed by atoms with Crippen LogP contribution in [-0.4, -0.2) is 6.54 Å². The summed E-state index contributed by atoms with van der Waals surface area (Å²) >= 11 is 0. The number of nitrogen functional groups attached to an aromatic ring is 1. The lowest BCUT2D eigenvalue weighted by Gasteiger charge is -2.26. The second kappa shape index (κ2) is 4.69. The van der Waals surface area contributed by atoms with Gasteiger partial charge in [0, 0.05) is 11.7 Å². The second-order valence-corrected chi connectivity index (χ2v) is 5.59. The van der Waals surface area contributed by atoms with E-state index in [0.717, 1.165) is 11.6 Å². The van der Waals surface area contributed by atoms with E-state index >= 15 is 0 Å². The third kappa shape index (κ3) is 2.32. The first-order valence-electron chi connectivity index (χ1n) is 6.94. The first kappa shape index (κ1) is 11.1. The van der Waals surface area contributed by atoms with E-state index in [2.05, 4.69) is 17.4 Å². The minimum absolute atomic E-state index is 0.575. The highest BCUT2D eigenvalue weighted by Crippen LogP contribution is 2.33. The van der Waals surface area contributed by atoms with Crippen LogP contribution in [-0.2, 0) is 6.42 Å². The molecule has 0 saturated heterocycles. The fraction of sp³-hybridized carbons (Fsp3) is 0.600. The number of aryl methyl sites for hydroxylation is 1. The van der Waals surface area contributed by atoms with Gasteiger partial charge in [-0.2, -0.15) is 0 Å². The first-order valence-corrected chi connectivity index (χ1v) is 6.94. The van der Waals surface area contributed by atoms with Crippen molar-refractivity contribution in [3.05, 3.63) is 29.3 Å². The van der Waals surface area contributed by atoms with Gasteiger partial charge in [0.25, 0.3) is 0 Å². The summed E-state index contributed by atoms with van der Waals surface area (Å²) in [6.07, 6.45) is 8.15. The molecule has 0 amide bonds. The van der Waals surface area contributed by atoms with E-state index in [4.69, 9.17) is 5.73 Å². The zero-order valence-electron chi connectivity index (χ0n) is 10.4. The molecule has 1 unspecified atom stereocenters. The van der Waals surface area contributed by atoms with Crippen LogP contribution < -0.4 is 11.1 Å². The molecule has 17 heavy (non-hydrogen) atoms. The van der Waals surface area contributed by atoms with E-state index in [0.29, 0.717) is 6.04 Å². The van der Waals surface area contributed by atoms with Crippen molar-refractivity contribution >= 4 is 5.69 Å². The molecule has 1 atom stereocenters. The van der Waals surface area contributed by atoms with Gasteiger partial charge in [-0.05, 0) is 55.0 Å². The largest absolute Gasteiger partial charge is 0.399 e. The summed E-state index contributed by atoms with van der Waals surface area (Å²) in [4.78, 5) is 0. The summed E-state index contributed by atoms with van der Waals surface area (Å²) in [5, 5.41) is 3.72. The van der Waals surface area contributed by atoms with E-state index in [1.807, 2.05) is 6.07 Å². The Morgan fingerprint density at radius 3 is 2.88 bits per heavy atom. The SMILES string of the molecule is Nc1ccc2c(c1)CCC2NCCC1CCC1. The van der Waals surface area contributed by atoms with Crippen LogP contribution in [0, 0.1) is 5.92 Å². The van der Waals surface area contributed by atoms with Crippen LogP contribution in [0.25, 0.3) is 0 Å². The maximum Gasteiger partial charge on any atom is 0.0326 e. The van der Waals surface area contributed by atoms with Crippen molar-refractivity contribution < 1.29 is 0 Å². The molecule has 0 heterocycles. The Kier molecular flexibility index (Phi) is 3.06. The Morgan fingerprint density at radius 1 is 1.24 bits per heavy atom. The first-order chi connectivity index (χ1) is 8.33. The van der Waals surface area contributed by atoms with Gasteiger partial charge in [0.2, 0.25) is 0 Å². The lowest BCUT2D eigenvalue weighted by molar-refractivity contribution is 0.287. The topological polar surface area (TPSA) is 38.0 Å². The molecule has 0 aliphatic heterocycles. The third-order valence-corrected chi connectivity index (χ3v) is 4.41. The Balaban J connectivity index is 1.55. The molecule has 2 heteroatoms. The van der Waals surface area contributed by atoms with Crippen LogP contribution in [0.2, 0.25) is 0 Å². The van der Waals surface area contributed by atoms with Crippen LogP contribution in [0.5, 0.6) is 0 Å². The summed E-state index contributed by atoms with van der Waals surface area (Å²) in [5.41, 5.74) is 9.65. The fourth-order valence-electron chi connectivity index (χ4n) is 3.09. The highest BCUT2D eigenvalue weighted by molar-refractivity contribution is 5.47. The molecule has 2 nitrogen and oxygen atoms in total. The van der Waals surface area contributed by atoms with Gasteiger partial charge in [-0.1, -0.05) is 25.3 Å². The van der Waals surface area contributed by atoms with Gasteiger partial charge < -0.3 is 11.1 Å².